The molecule has 0 spiro atoms. The predicted octanol–water partition coefficient (Wildman–Crippen LogP) is 3.77. The van der Waals surface area contributed by atoms with Crippen LogP contribution >= 0.6 is 15.9 Å². The van der Waals surface area contributed by atoms with E-state index in [4.69, 9.17) is 4.74 Å². The van der Waals surface area contributed by atoms with E-state index in [0.717, 1.165) is 35.0 Å². The molecule has 1 saturated heterocycles. The third kappa shape index (κ3) is 3.39. The highest BCUT2D eigenvalue weighted by Crippen LogP contribution is 2.32. The lowest BCUT2D eigenvalue weighted by atomic mass is 10.1. The van der Waals surface area contributed by atoms with Gasteiger partial charge in [-0.05, 0) is 55.2 Å². The molecular weight excluding hydrogens is 396 g/mol. The number of rotatable bonds is 3. The van der Waals surface area contributed by atoms with Gasteiger partial charge in [-0.2, -0.15) is 0 Å². The van der Waals surface area contributed by atoms with Gasteiger partial charge in [0.15, 0.2) is 0 Å². The number of carbonyl (C=O) groups is 2. The van der Waals surface area contributed by atoms with Gasteiger partial charge in [-0.1, -0.05) is 28.1 Å². The Labute approximate surface area is 160 Å². The van der Waals surface area contributed by atoms with Crippen LogP contribution in [0.3, 0.4) is 0 Å². The normalized spacial score (nSPS) is 18.7. The minimum Gasteiger partial charge on any atom is -0.368 e. The predicted molar refractivity (Wildman–Crippen MR) is 104 cm³/mol. The van der Waals surface area contributed by atoms with Gasteiger partial charge < -0.3 is 15.0 Å². The molecule has 2 heterocycles. The Kier molecular flexibility index (Phi) is 4.78. The number of halogens is 1. The number of benzene rings is 2. The zero-order chi connectivity index (χ0) is 18.1. The average molecular weight is 415 g/mol. The maximum absolute atomic E-state index is 12.7. The Bertz CT molecular complexity index is 862. The fourth-order valence-corrected chi connectivity index (χ4v) is 3.86. The summed E-state index contributed by atoms with van der Waals surface area (Å²) in [6.07, 6.45) is 2.21. The minimum atomic E-state index is -0.333. The Morgan fingerprint density at radius 1 is 1.19 bits per heavy atom. The molecule has 2 aromatic rings. The summed E-state index contributed by atoms with van der Waals surface area (Å²) in [7, 11) is 0. The first-order chi connectivity index (χ1) is 12.6. The summed E-state index contributed by atoms with van der Waals surface area (Å²) in [5, 5.41) is 2.92. The van der Waals surface area contributed by atoms with Crippen LogP contribution in [-0.2, 0) is 16.0 Å². The summed E-state index contributed by atoms with van der Waals surface area (Å²) < 4.78 is 6.39. The highest BCUT2D eigenvalue weighted by Gasteiger charge is 2.32. The van der Waals surface area contributed by atoms with Crippen molar-refractivity contribution in [3.8, 4) is 0 Å². The summed E-state index contributed by atoms with van der Waals surface area (Å²) in [6, 6.07) is 13.0. The molecule has 134 valence electrons. The van der Waals surface area contributed by atoms with Crippen LogP contribution in [0.15, 0.2) is 46.9 Å². The standard InChI is InChI=1S/C20H19BrN2O3/c21-15-4-1-3-14(11-15)19(24)22-16-7-6-13-8-9-23(17(13)12-16)20(25)18-5-2-10-26-18/h1,3-4,6-7,11-12,18H,2,5,8-10H2,(H,22,24). The number of nitrogens with zero attached hydrogens (tertiary/aromatic N) is 1. The maximum atomic E-state index is 12.7. The molecule has 2 aliphatic heterocycles. The Morgan fingerprint density at radius 3 is 2.85 bits per heavy atom. The van der Waals surface area contributed by atoms with Crippen molar-refractivity contribution in [2.24, 2.45) is 0 Å². The number of anilines is 2. The maximum Gasteiger partial charge on any atom is 0.256 e. The largest absolute Gasteiger partial charge is 0.368 e. The highest BCUT2D eigenvalue weighted by atomic mass is 79.9. The fourth-order valence-electron chi connectivity index (χ4n) is 3.47. The molecule has 1 atom stereocenters. The smallest absolute Gasteiger partial charge is 0.256 e. The second kappa shape index (κ2) is 7.21. The lowest BCUT2D eigenvalue weighted by molar-refractivity contribution is -0.127. The number of ether oxygens (including phenoxy) is 1. The molecule has 0 aromatic heterocycles. The summed E-state index contributed by atoms with van der Waals surface area (Å²) in [4.78, 5) is 27.0. The van der Waals surface area contributed by atoms with Gasteiger partial charge in [0, 0.05) is 34.6 Å². The van der Waals surface area contributed by atoms with Crippen LogP contribution in [0.2, 0.25) is 0 Å². The average Bonchev–Trinajstić information content (AvgIpc) is 3.31. The number of nitrogens with one attached hydrogen (secondary N) is 1. The van der Waals surface area contributed by atoms with Crippen molar-refractivity contribution in [1.82, 2.24) is 0 Å². The fraction of sp³-hybridized carbons (Fsp3) is 0.300. The summed E-state index contributed by atoms with van der Waals surface area (Å²) in [5.41, 5.74) is 3.25. The van der Waals surface area contributed by atoms with E-state index in [1.807, 2.05) is 30.3 Å². The van der Waals surface area contributed by atoms with Crippen molar-refractivity contribution in [2.75, 3.05) is 23.4 Å². The summed E-state index contributed by atoms with van der Waals surface area (Å²) in [6.45, 7) is 1.32. The van der Waals surface area contributed by atoms with E-state index in [0.29, 0.717) is 24.4 Å². The first kappa shape index (κ1) is 17.2. The van der Waals surface area contributed by atoms with Crippen LogP contribution in [0.5, 0.6) is 0 Å². The van der Waals surface area contributed by atoms with E-state index < -0.39 is 0 Å². The molecule has 1 fully saturated rings. The van der Waals surface area contributed by atoms with E-state index in [-0.39, 0.29) is 17.9 Å². The van der Waals surface area contributed by atoms with E-state index >= 15 is 0 Å². The van der Waals surface area contributed by atoms with Crippen LogP contribution in [0.1, 0.15) is 28.8 Å². The summed E-state index contributed by atoms with van der Waals surface area (Å²) >= 11 is 3.38. The Balaban J connectivity index is 1.54. The van der Waals surface area contributed by atoms with Gasteiger partial charge in [0.25, 0.3) is 11.8 Å². The Morgan fingerprint density at radius 2 is 2.08 bits per heavy atom. The lowest BCUT2D eigenvalue weighted by Crippen LogP contribution is -2.37. The number of fused-ring (bicyclic) bond motifs is 1. The van der Waals surface area contributed by atoms with Gasteiger partial charge in [-0.3, -0.25) is 9.59 Å². The molecule has 2 amide bonds. The summed E-state index contributed by atoms with van der Waals surface area (Å²) in [5.74, 6) is -0.155. The van der Waals surface area contributed by atoms with Crippen LogP contribution in [0.25, 0.3) is 0 Å². The van der Waals surface area contributed by atoms with E-state index in [2.05, 4.69) is 21.2 Å². The van der Waals surface area contributed by atoms with Gasteiger partial charge in [-0.15, -0.1) is 0 Å². The number of carbonyl (C=O) groups excluding carboxylic acids is 2. The lowest BCUT2D eigenvalue weighted by Gasteiger charge is -2.21. The first-order valence-corrected chi connectivity index (χ1v) is 9.54. The van der Waals surface area contributed by atoms with Crippen molar-refractivity contribution >= 4 is 39.1 Å². The topological polar surface area (TPSA) is 58.6 Å². The highest BCUT2D eigenvalue weighted by molar-refractivity contribution is 9.10. The third-order valence-corrected chi connectivity index (χ3v) is 5.29. The molecule has 0 saturated carbocycles. The molecule has 2 aromatic carbocycles. The van der Waals surface area contributed by atoms with Crippen molar-refractivity contribution in [1.29, 1.82) is 0 Å². The minimum absolute atomic E-state index is 0.0247. The molecule has 0 aliphatic carbocycles. The number of hydrogen-bond acceptors (Lipinski definition) is 3. The molecule has 4 rings (SSSR count). The third-order valence-electron chi connectivity index (χ3n) is 4.80. The quantitative estimate of drug-likeness (QED) is 0.831. The Hall–Kier alpha value is -2.18. The van der Waals surface area contributed by atoms with Crippen molar-refractivity contribution in [3.05, 3.63) is 58.1 Å². The van der Waals surface area contributed by atoms with Crippen molar-refractivity contribution in [2.45, 2.75) is 25.4 Å². The van der Waals surface area contributed by atoms with Crippen LogP contribution in [0.4, 0.5) is 11.4 Å². The van der Waals surface area contributed by atoms with Gasteiger partial charge in [-0.25, -0.2) is 0 Å². The SMILES string of the molecule is O=C(Nc1ccc2c(c1)N(C(=O)C1CCCO1)CC2)c1cccc(Br)c1. The van der Waals surface area contributed by atoms with Crippen molar-refractivity contribution in [3.63, 3.8) is 0 Å². The monoisotopic (exact) mass is 414 g/mol. The molecule has 1 N–H and O–H groups in total. The zero-order valence-corrected chi connectivity index (χ0v) is 15.8. The molecule has 5 nitrogen and oxygen atoms in total. The number of amides is 2. The van der Waals surface area contributed by atoms with Crippen LogP contribution < -0.4 is 10.2 Å². The van der Waals surface area contributed by atoms with Crippen molar-refractivity contribution < 1.29 is 14.3 Å². The second-order valence-corrected chi connectivity index (χ2v) is 7.47. The second-order valence-electron chi connectivity index (χ2n) is 6.55. The van der Waals surface area contributed by atoms with E-state index in [9.17, 15) is 9.59 Å². The van der Waals surface area contributed by atoms with Gasteiger partial charge in [0.05, 0.1) is 0 Å². The first-order valence-electron chi connectivity index (χ1n) is 8.74. The van der Waals surface area contributed by atoms with E-state index in [1.165, 1.54) is 0 Å². The molecule has 26 heavy (non-hydrogen) atoms. The molecule has 0 radical (unpaired) electrons. The molecule has 1 unspecified atom stereocenters. The zero-order valence-electron chi connectivity index (χ0n) is 14.2. The van der Waals surface area contributed by atoms with Gasteiger partial charge >= 0.3 is 0 Å². The molecule has 6 heteroatoms. The molecule has 2 aliphatic rings. The molecule has 0 bridgehead atoms. The van der Waals surface area contributed by atoms with Gasteiger partial charge in [0.2, 0.25) is 0 Å². The van der Waals surface area contributed by atoms with Crippen LogP contribution in [0, 0.1) is 0 Å². The number of hydrogen-bond donors (Lipinski definition) is 1. The van der Waals surface area contributed by atoms with E-state index in [1.54, 1.807) is 17.0 Å². The van der Waals surface area contributed by atoms with Crippen LogP contribution in [-0.4, -0.2) is 31.1 Å². The molecular formula is C20H19BrN2O3. The van der Waals surface area contributed by atoms with Gasteiger partial charge in [0.1, 0.15) is 6.10 Å².